The number of carbonyl (C=O) groups is 1. The first-order valence-electron chi connectivity index (χ1n) is 4.23. The average Bonchev–Trinajstić information content (AvgIpc) is 2.26. The van der Waals surface area contributed by atoms with Gasteiger partial charge in [0, 0.05) is 5.56 Å². The minimum atomic E-state index is -0.547. The lowest BCUT2D eigenvalue weighted by Crippen LogP contribution is -2.11. The molecule has 1 aromatic carbocycles. The van der Waals surface area contributed by atoms with Gasteiger partial charge in [-0.25, -0.2) is 0 Å². The van der Waals surface area contributed by atoms with Crippen LogP contribution in [0.25, 0.3) is 0 Å². The highest BCUT2D eigenvalue weighted by Gasteiger charge is 2.14. The first-order valence-corrected chi connectivity index (χ1v) is 4.23. The van der Waals surface area contributed by atoms with Crippen LogP contribution in [0, 0.1) is 0 Å². The summed E-state index contributed by atoms with van der Waals surface area (Å²) in [6, 6.07) is 3.01. The first kappa shape index (κ1) is 18.0. The van der Waals surface area contributed by atoms with E-state index < -0.39 is 5.91 Å². The zero-order valence-electron chi connectivity index (χ0n) is 9.68. The Labute approximate surface area is 112 Å². The van der Waals surface area contributed by atoms with Gasteiger partial charge in [-0.05, 0) is 12.1 Å². The van der Waals surface area contributed by atoms with Crippen LogP contribution < -0.4 is 19.9 Å². The van der Waals surface area contributed by atoms with Crippen LogP contribution in [0.1, 0.15) is 10.4 Å². The Kier molecular flexibility index (Phi) is 8.35. The van der Waals surface area contributed by atoms with Gasteiger partial charge >= 0.3 is 0 Å². The second-order valence-electron chi connectivity index (χ2n) is 2.78. The number of ether oxygens (including phenoxy) is 3. The maximum Gasteiger partial charge on any atom is 0.248 e. The highest BCUT2D eigenvalue weighted by molar-refractivity contribution is 5.94. The van der Waals surface area contributed by atoms with Crippen molar-refractivity contribution in [2.75, 3.05) is 21.3 Å². The van der Waals surface area contributed by atoms with Crippen LogP contribution in [-0.4, -0.2) is 27.2 Å². The molecule has 0 aliphatic rings. The van der Waals surface area contributed by atoms with E-state index in [9.17, 15) is 4.79 Å². The van der Waals surface area contributed by atoms with Crippen LogP contribution in [0.2, 0.25) is 0 Å². The number of primary amides is 1. The molecule has 1 aromatic rings. The topological polar surface area (TPSA) is 70.8 Å². The molecule has 0 unspecified atom stereocenters. The zero-order chi connectivity index (χ0) is 11.4. The number of halogens is 2. The fourth-order valence-electron chi connectivity index (χ4n) is 1.22. The molecule has 7 heteroatoms. The van der Waals surface area contributed by atoms with Gasteiger partial charge < -0.3 is 19.9 Å². The molecule has 0 aliphatic carbocycles. The number of carbonyl (C=O) groups excluding carboxylic acids is 1. The minimum absolute atomic E-state index is 0. The fourth-order valence-corrected chi connectivity index (χ4v) is 1.22. The van der Waals surface area contributed by atoms with Crippen LogP contribution in [0.4, 0.5) is 0 Å². The summed E-state index contributed by atoms with van der Waals surface area (Å²) in [5.41, 5.74) is 5.47. The molecule has 1 rings (SSSR count). The second-order valence-corrected chi connectivity index (χ2v) is 2.78. The molecule has 0 aromatic heterocycles. The summed E-state index contributed by atoms with van der Waals surface area (Å²) in [6.07, 6.45) is 0. The number of nitrogens with two attached hydrogens (primary N) is 1. The normalized spacial score (nSPS) is 8.41. The van der Waals surface area contributed by atoms with Gasteiger partial charge in [-0.15, -0.1) is 24.8 Å². The predicted octanol–water partition coefficient (Wildman–Crippen LogP) is 1.65. The van der Waals surface area contributed by atoms with Crippen LogP contribution in [0.3, 0.4) is 0 Å². The van der Waals surface area contributed by atoms with Crippen LogP contribution in [0.15, 0.2) is 12.1 Å². The first-order chi connectivity index (χ1) is 7.13. The largest absolute Gasteiger partial charge is 0.493 e. The van der Waals surface area contributed by atoms with Gasteiger partial charge in [0.05, 0.1) is 21.3 Å². The van der Waals surface area contributed by atoms with E-state index in [1.807, 2.05) is 0 Å². The molecular weight excluding hydrogens is 269 g/mol. The van der Waals surface area contributed by atoms with Crippen molar-refractivity contribution in [3.63, 3.8) is 0 Å². The van der Waals surface area contributed by atoms with E-state index in [1.165, 1.54) is 33.5 Å². The maximum absolute atomic E-state index is 11.0. The van der Waals surface area contributed by atoms with E-state index in [2.05, 4.69) is 0 Å². The molecule has 1 amide bonds. The van der Waals surface area contributed by atoms with E-state index in [-0.39, 0.29) is 24.8 Å². The van der Waals surface area contributed by atoms with Crippen LogP contribution >= 0.6 is 24.8 Å². The molecule has 0 saturated heterocycles. The Morgan fingerprint density at radius 3 is 1.65 bits per heavy atom. The molecule has 0 aliphatic heterocycles. The third-order valence-corrected chi connectivity index (χ3v) is 1.95. The minimum Gasteiger partial charge on any atom is -0.493 e. The number of amides is 1. The lowest BCUT2D eigenvalue weighted by Gasteiger charge is -2.12. The van der Waals surface area contributed by atoms with Crippen molar-refractivity contribution in [2.45, 2.75) is 0 Å². The van der Waals surface area contributed by atoms with Crippen molar-refractivity contribution in [3.8, 4) is 17.2 Å². The third kappa shape index (κ3) is 3.87. The van der Waals surface area contributed by atoms with Crippen LogP contribution in [-0.2, 0) is 0 Å². The summed E-state index contributed by atoms with van der Waals surface area (Å²) in [5.74, 6) is 0.704. The van der Waals surface area contributed by atoms with Crippen LogP contribution in [0.5, 0.6) is 17.2 Å². The monoisotopic (exact) mass is 283 g/mol. The fraction of sp³-hybridized carbons (Fsp3) is 0.300. The van der Waals surface area contributed by atoms with E-state index >= 15 is 0 Å². The highest BCUT2D eigenvalue weighted by Crippen LogP contribution is 2.37. The van der Waals surface area contributed by atoms with Crippen molar-refractivity contribution in [3.05, 3.63) is 17.7 Å². The molecule has 0 spiro atoms. The van der Waals surface area contributed by atoms with Gasteiger partial charge in [-0.2, -0.15) is 0 Å². The molecule has 0 heterocycles. The van der Waals surface area contributed by atoms with Crippen molar-refractivity contribution in [1.82, 2.24) is 0 Å². The van der Waals surface area contributed by atoms with Gasteiger partial charge in [0.15, 0.2) is 11.5 Å². The standard InChI is InChI=1S/C10H13NO4.2ClH/c1-13-7-4-6(10(11)12)5-8(14-2)9(7)15-3;;/h4-5H,1-3H3,(H2,11,12);2*1H. The lowest BCUT2D eigenvalue weighted by molar-refractivity contribution is 0.0999. The SMILES string of the molecule is COc1cc(C(N)=O)cc(OC)c1OC.Cl.Cl. The van der Waals surface area contributed by atoms with Gasteiger partial charge in [0.25, 0.3) is 0 Å². The van der Waals surface area contributed by atoms with Crippen molar-refractivity contribution < 1.29 is 19.0 Å². The molecule has 2 N–H and O–H groups in total. The number of hydrogen-bond donors (Lipinski definition) is 1. The predicted molar refractivity (Wildman–Crippen MR) is 69.1 cm³/mol. The Morgan fingerprint density at radius 1 is 1.00 bits per heavy atom. The molecule has 17 heavy (non-hydrogen) atoms. The van der Waals surface area contributed by atoms with Crippen molar-refractivity contribution in [2.24, 2.45) is 5.73 Å². The summed E-state index contributed by atoms with van der Waals surface area (Å²) >= 11 is 0. The van der Waals surface area contributed by atoms with Gasteiger partial charge in [-0.1, -0.05) is 0 Å². The molecule has 98 valence electrons. The molecule has 0 bridgehead atoms. The summed E-state index contributed by atoms with van der Waals surface area (Å²) in [5, 5.41) is 0. The molecule has 5 nitrogen and oxygen atoms in total. The Morgan fingerprint density at radius 2 is 1.41 bits per heavy atom. The molecule has 0 fully saturated rings. The number of hydrogen-bond acceptors (Lipinski definition) is 4. The Hall–Kier alpha value is -1.33. The molecule has 0 saturated carbocycles. The van der Waals surface area contributed by atoms with E-state index in [4.69, 9.17) is 19.9 Å². The third-order valence-electron chi connectivity index (χ3n) is 1.95. The average molecular weight is 284 g/mol. The highest BCUT2D eigenvalue weighted by atomic mass is 35.5. The smallest absolute Gasteiger partial charge is 0.248 e. The lowest BCUT2D eigenvalue weighted by atomic mass is 10.1. The summed E-state index contributed by atoms with van der Waals surface area (Å²) in [4.78, 5) is 11.0. The number of benzene rings is 1. The van der Waals surface area contributed by atoms with Crippen molar-refractivity contribution >= 4 is 30.7 Å². The Balaban J connectivity index is 0. The second kappa shape index (κ2) is 7.86. The van der Waals surface area contributed by atoms with E-state index in [1.54, 1.807) is 0 Å². The van der Waals surface area contributed by atoms with E-state index in [0.29, 0.717) is 22.8 Å². The summed E-state index contributed by atoms with van der Waals surface area (Å²) in [6.45, 7) is 0. The number of methoxy groups -OCH3 is 3. The zero-order valence-corrected chi connectivity index (χ0v) is 11.3. The molecule has 0 atom stereocenters. The van der Waals surface area contributed by atoms with Gasteiger partial charge in [0.2, 0.25) is 11.7 Å². The quantitative estimate of drug-likeness (QED) is 0.912. The van der Waals surface area contributed by atoms with E-state index in [0.717, 1.165) is 0 Å². The molecule has 0 radical (unpaired) electrons. The van der Waals surface area contributed by atoms with Crippen molar-refractivity contribution in [1.29, 1.82) is 0 Å². The van der Waals surface area contributed by atoms with Gasteiger partial charge in [-0.3, -0.25) is 4.79 Å². The summed E-state index contributed by atoms with van der Waals surface area (Å²) < 4.78 is 15.2. The maximum atomic E-state index is 11.0. The van der Waals surface area contributed by atoms with Gasteiger partial charge in [0.1, 0.15) is 0 Å². The Bertz CT molecular complexity index is 360. The number of rotatable bonds is 4. The molecular formula is C10H15Cl2NO4. The summed E-state index contributed by atoms with van der Waals surface area (Å²) in [7, 11) is 4.44.